The van der Waals surface area contributed by atoms with Gasteiger partial charge in [0.25, 0.3) is 0 Å². The van der Waals surface area contributed by atoms with E-state index < -0.39 is 5.97 Å². The molecule has 0 saturated heterocycles. The molecule has 1 N–H and O–H groups in total. The van der Waals surface area contributed by atoms with Crippen molar-refractivity contribution >= 4 is 17.6 Å². The minimum Gasteiger partial charge on any atom is -0.481 e. The summed E-state index contributed by atoms with van der Waals surface area (Å²) < 4.78 is 14.7. The molecule has 0 unspecified atom stereocenters. The van der Waals surface area contributed by atoms with Crippen molar-refractivity contribution < 1.29 is 14.3 Å². The maximum Gasteiger partial charge on any atom is 0.309 e. The molecule has 1 heterocycles. The van der Waals surface area contributed by atoms with Gasteiger partial charge in [0.1, 0.15) is 16.8 Å². The van der Waals surface area contributed by atoms with Crippen LogP contribution in [-0.4, -0.2) is 20.6 Å². The van der Waals surface area contributed by atoms with Crippen molar-refractivity contribution in [3.8, 4) is 11.4 Å². The van der Waals surface area contributed by atoms with Crippen molar-refractivity contribution in [2.24, 2.45) is 7.05 Å². The SMILES string of the molecule is Cn1c(-c2cccc(F)c2)nc(CC(=O)O)c1Cl. The lowest BCUT2D eigenvalue weighted by molar-refractivity contribution is -0.136. The van der Waals surface area contributed by atoms with Crippen LogP contribution in [0.25, 0.3) is 11.4 Å². The normalized spacial score (nSPS) is 10.6. The third kappa shape index (κ3) is 2.36. The van der Waals surface area contributed by atoms with E-state index in [-0.39, 0.29) is 23.1 Å². The van der Waals surface area contributed by atoms with Gasteiger partial charge in [0.2, 0.25) is 0 Å². The van der Waals surface area contributed by atoms with Crippen molar-refractivity contribution in [1.29, 1.82) is 0 Å². The molecule has 0 atom stereocenters. The van der Waals surface area contributed by atoms with Crippen LogP contribution in [0.4, 0.5) is 4.39 Å². The van der Waals surface area contributed by atoms with E-state index >= 15 is 0 Å². The molecule has 0 bridgehead atoms. The van der Waals surface area contributed by atoms with Gasteiger partial charge in [-0.15, -0.1) is 0 Å². The highest BCUT2D eigenvalue weighted by Gasteiger charge is 2.16. The van der Waals surface area contributed by atoms with Crippen LogP contribution in [0.15, 0.2) is 24.3 Å². The van der Waals surface area contributed by atoms with E-state index in [0.29, 0.717) is 11.4 Å². The number of hydrogen-bond acceptors (Lipinski definition) is 2. The van der Waals surface area contributed by atoms with Gasteiger partial charge in [-0.05, 0) is 12.1 Å². The number of benzene rings is 1. The van der Waals surface area contributed by atoms with Crippen LogP contribution in [0.5, 0.6) is 0 Å². The highest BCUT2D eigenvalue weighted by molar-refractivity contribution is 6.30. The van der Waals surface area contributed by atoms with Gasteiger partial charge >= 0.3 is 5.97 Å². The molecule has 94 valence electrons. The van der Waals surface area contributed by atoms with E-state index in [4.69, 9.17) is 16.7 Å². The monoisotopic (exact) mass is 268 g/mol. The molecule has 0 spiro atoms. The largest absolute Gasteiger partial charge is 0.481 e. The van der Waals surface area contributed by atoms with Crippen LogP contribution in [0.1, 0.15) is 5.69 Å². The summed E-state index contributed by atoms with van der Waals surface area (Å²) in [6.45, 7) is 0. The second kappa shape index (κ2) is 4.78. The fourth-order valence-corrected chi connectivity index (χ4v) is 1.87. The number of carboxylic acids is 1. The van der Waals surface area contributed by atoms with Crippen LogP contribution in [0.3, 0.4) is 0 Å². The molecule has 0 aliphatic carbocycles. The van der Waals surface area contributed by atoms with Crippen molar-refractivity contribution in [2.45, 2.75) is 6.42 Å². The van der Waals surface area contributed by atoms with Gasteiger partial charge in [0.05, 0.1) is 12.1 Å². The zero-order valence-corrected chi connectivity index (χ0v) is 10.3. The Hall–Kier alpha value is -1.88. The van der Waals surface area contributed by atoms with Gasteiger partial charge in [0.15, 0.2) is 0 Å². The Balaban J connectivity index is 2.49. The Morgan fingerprint density at radius 2 is 2.28 bits per heavy atom. The van der Waals surface area contributed by atoms with E-state index in [9.17, 15) is 9.18 Å². The molecule has 0 aliphatic rings. The van der Waals surface area contributed by atoms with Crippen LogP contribution >= 0.6 is 11.6 Å². The van der Waals surface area contributed by atoms with Gasteiger partial charge in [0, 0.05) is 12.6 Å². The number of aromatic nitrogens is 2. The van der Waals surface area contributed by atoms with Crippen LogP contribution in [0, 0.1) is 5.82 Å². The number of halogens is 2. The van der Waals surface area contributed by atoms with E-state index in [1.807, 2.05) is 0 Å². The average molecular weight is 269 g/mol. The third-order valence-electron chi connectivity index (χ3n) is 2.49. The first-order chi connectivity index (χ1) is 8.49. The average Bonchev–Trinajstić information content (AvgIpc) is 2.57. The van der Waals surface area contributed by atoms with Crippen molar-refractivity contribution in [2.75, 3.05) is 0 Å². The predicted molar refractivity (Wildman–Crippen MR) is 65.0 cm³/mol. The smallest absolute Gasteiger partial charge is 0.309 e. The van der Waals surface area contributed by atoms with Gasteiger partial charge in [-0.25, -0.2) is 9.37 Å². The minimum atomic E-state index is -1.01. The van der Waals surface area contributed by atoms with Crippen LogP contribution in [-0.2, 0) is 18.3 Å². The Kier molecular flexibility index (Phi) is 3.34. The van der Waals surface area contributed by atoms with Crippen LogP contribution in [0.2, 0.25) is 5.15 Å². The second-order valence-corrected chi connectivity index (χ2v) is 4.17. The summed E-state index contributed by atoms with van der Waals surface area (Å²) in [5, 5.41) is 8.99. The van der Waals surface area contributed by atoms with E-state index in [0.717, 1.165) is 0 Å². The van der Waals surface area contributed by atoms with E-state index in [2.05, 4.69) is 4.98 Å². The number of carbonyl (C=O) groups is 1. The molecule has 2 aromatic rings. The highest BCUT2D eigenvalue weighted by atomic mass is 35.5. The lowest BCUT2D eigenvalue weighted by atomic mass is 10.2. The Morgan fingerprint density at radius 3 is 2.89 bits per heavy atom. The molecule has 0 aliphatic heterocycles. The highest BCUT2D eigenvalue weighted by Crippen LogP contribution is 2.25. The van der Waals surface area contributed by atoms with E-state index in [1.165, 1.54) is 16.7 Å². The summed E-state index contributed by atoms with van der Waals surface area (Å²) in [4.78, 5) is 14.8. The molecule has 0 radical (unpaired) electrons. The first-order valence-corrected chi connectivity index (χ1v) is 5.55. The van der Waals surface area contributed by atoms with Crippen LogP contribution < -0.4 is 0 Å². The maximum atomic E-state index is 13.1. The number of carboxylic acid groups (broad SMARTS) is 1. The summed E-state index contributed by atoms with van der Waals surface area (Å²) in [6, 6.07) is 5.89. The topological polar surface area (TPSA) is 55.1 Å². The maximum absolute atomic E-state index is 13.1. The first kappa shape index (κ1) is 12.6. The molecule has 1 aromatic carbocycles. The van der Waals surface area contributed by atoms with Crippen molar-refractivity contribution in [3.05, 3.63) is 40.9 Å². The Bertz CT molecular complexity index is 610. The number of nitrogens with zero attached hydrogens (tertiary/aromatic N) is 2. The predicted octanol–water partition coefficient (Wildman–Crippen LogP) is 2.51. The van der Waals surface area contributed by atoms with Gasteiger partial charge in [-0.1, -0.05) is 23.7 Å². The number of rotatable bonds is 3. The molecule has 6 heteroatoms. The summed E-state index contributed by atoms with van der Waals surface area (Å²) in [7, 11) is 1.65. The standard InChI is InChI=1S/C12H10ClFN2O2/c1-16-11(13)9(6-10(17)18)15-12(16)7-3-2-4-8(14)5-7/h2-5H,6H2,1H3,(H,17,18). The molecular formula is C12H10ClFN2O2. The summed E-state index contributed by atoms with van der Waals surface area (Å²) >= 11 is 5.99. The van der Waals surface area contributed by atoms with E-state index in [1.54, 1.807) is 19.2 Å². The molecule has 1 aromatic heterocycles. The quantitative estimate of drug-likeness (QED) is 0.931. The number of imidazole rings is 1. The molecule has 0 saturated carbocycles. The zero-order valence-electron chi connectivity index (χ0n) is 9.52. The Morgan fingerprint density at radius 1 is 1.56 bits per heavy atom. The number of aliphatic carboxylic acids is 1. The van der Waals surface area contributed by atoms with Crippen molar-refractivity contribution in [1.82, 2.24) is 9.55 Å². The molecule has 0 fully saturated rings. The van der Waals surface area contributed by atoms with Crippen molar-refractivity contribution in [3.63, 3.8) is 0 Å². The summed E-state index contributed by atoms with van der Waals surface area (Å²) in [5.41, 5.74) is 0.821. The summed E-state index contributed by atoms with van der Waals surface area (Å²) in [5.74, 6) is -0.956. The third-order valence-corrected chi connectivity index (χ3v) is 2.96. The fourth-order valence-electron chi connectivity index (χ4n) is 1.68. The lowest BCUT2D eigenvalue weighted by Crippen LogP contribution is -2.01. The Labute approximate surface area is 108 Å². The molecule has 18 heavy (non-hydrogen) atoms. The van der Waals surface area contributed by atoms with Gasteiger partial charge < -0.3 is 9.67 Å². The van der Waals surface area contributed by atoms with Gasteiger partial charge in [-0.2, -0.15) is 0 Å². The number of hydrogen-bond donors (Lipinski definition) is 1. The lowest BCUT2D eigenvalue weighted by Gasteiger charge is -2.01. The zero-order chi connectivity index (χ0) is 13.3. The second-order valence-electron chi connectivity index (χ2n) is 3.81. The molecular weight excluding hydrogens is 259 g/mol. The summed E-state index contributed by atoms with van der Waals surface area (Å²) in [6.07, 6.45) is -0.262. The molecule has 4 nitrogen and oxygen atoms in total. The minimum absolute atomic E-state index is 0.247. The van der Waals surface area contributed by atoms with Gasteiger partial charge in [-0.3, -0.25) is 4.79 Å². The molecule has 0 amide bonds. The fraction of sp³-hybridized carbons (Fsp3) is 0.167. The molecule has 2 rings (SSSR count). The first-order valence-electron chi connectivity index (χ1n) is 5.18.